The number of carbonyl (C=O) groups excluding carboxylic acids is 2. The van der Waals surface area contributed by atoms with E-state index in [0.717, 1.165) is 36.1 Å². The minimum atomic E-state index is -2.87. The predicted molar refractivity (Wildman–Crippen MR) is 144 cm³/mol. The van der Waals surface area contributed by atoms with E-state index in [2.05, 4.69) is 45.0 Å². The highest BCUT2D eigenvalue weighted by molar-refractivity contribution is 6.99. The van der Waals surface area contributed by atoms with E-state index in [-0.39, 0.29) is 22.9 Å². The lowest BCUT2D eigenvalue weighted by Crippen LogP contribution is -2.67. The quantitative estimate of drug-likeness (QED) is 0.419. The Morgan fingerprint density at radius 1 is 0.829 bits per heavy atom. The van der Waals surface area contributed by atoms with Gasteiger partial charge in [-0.05, 0) is 59.8 Å². The fraction of sp³-hybridized carbons (Fsp3) is 0.400. The number of hydrogen-bond donors (Lipinski definition) is 0. The number of ketones is 1. The second kappa shape index (κ2) is 12.3. The van der Waals surface area contributed by atoms with E-state index in [1.165, 1.54) is 6.08 Å². The van der Waals surface area contributed by atoms with Gasteiger partial charge in [-0.2, -0.15) is 0 Å². The number of rotatable bonds is 4. The molecule has 0 aromatic heterocycles. The molecular formula is C30H38O4Si. The normalized spacial score (nSPS) is 22.6. The molecule has 0 fully saturated rings. The monoisotopic (exact) mass is 490 g/mol. The van der Waals surface area contributed by atoms with Gasteiger partial charge in [0.1, 0.15) is 0 Å². The van der Waals surface area contributed by atoms with Gasteiger partial charge in [0.25, 0.3) is 8.32 Å². The Kier molecular flexibility index (Phi) is 9.41. The molecule has 0 saturated carbocycles. The molecule has 1 aliphatic heterocycles. The Morgan fingerprint density at radius 3 is 1.97 bits per heavy atom. The molecule has 3 rings (SSSR count). The summed E-state index contributed by atoms with van der Waals surface area (Å²) in [5.41, 5.74) is 0. The number of cyclic esters (lactones) is 1. The lowest BCUT2D eigenvalue weighted by atomic mass is 10.1. The van der Waals surface area contributed by atoms with Crippen LogP contribution in [-0.4, -0.2) is 32.3 Å². The average molecular weight is 491 g/mol. The number of allylic oxidation sites excluding steroid dienone is 1. The Morgan fingerprint density at radius 2 is 1.40 bits per heavy atom. The molecular weight excluding hydrogens is 452 g/mol. The molecule has 2 aromatic rings. The van der Waals surface area contributed by atoms with Gasteiger partial charge in [0, 0.05) is 12.5 Å². The highest BCUT2D eigenvalue weighted by atomic mass is 28.4. The zero-order valence-electron chi connectivity index (χ0n) is 21.4. The van der Waals surface area contributed by atoms with Crippen molar-refractivity contribution in [1.29, 1.82) is 0 Å². The summed E-state index contributed by atoms with van der Waals surface area (Å²) in [5.74, 6) is -0.299. The molecule has 0 aliphatic carbocycles. The van der Waals surface area contributed by atoms with Crippen LogP contribution >= 0.6 is 0 Å². The van der Waals surface area contributed by atoms with E-state index in [9.17, 15) is 9.59 Å². The van der Waals surface area contributed by atoms with Crippen molar-refractivity contribution in [3.8, 4) is 0 Å². The molecule has 0 unspecified atom stereocenters. The van der Waals surface area contributed by atoms with Gasteiger partial charge >= 0.3 is 5.97 Å². The van der Waals surface area contributed by atoms with Gasteiger partial charge in [0.15, 0.2) is 5.78 Å². The first-order valence-corrected chi connectivity index (χ1v) is 14.5. The second-order valence-corrected chi connectivity index (χ2v) is 14.5. The van der Waals surface area contributed by atoms with E-state index >= 15 is 0 Å². The number of benzene rings is 2. The molecule has 0 N–H and O–H groups in total. The molecule has 5 heteroatoms. The van der Waals surface area contributed by atoms with Crippen LogP contribution in [0.2, 0.25) is 5.04 Å². The van der Waals surface area contributed by atoms with Crippen LogP contribution in [0.25, 0.3) is 0 Å². The first kappa shape index (κ1) is 26.8. The first-order chi connectivity index (χ1) is 16.7. The molecule has 1 heterocycles. The predicted octanol–water partition coefficient (Wildman–Crippen LogP) is 5.51. The maximum Gasteiger partial charge on any atom is 0.330 e. The van der Waals surface area contributed by atoms with E-state index < -0.39 is 14.4 Å². The number of ether oxygens (including phenoxy) is 1. The zero-order chi connectivity index (χ0) is 25.3. The third-order valence-electron chi connectivity index (χ3n) is 6.47. The SMILES string of the molecule is C[C@H]1CCCCCC(=O)/C=C\[C@H](O[Si](c2ccccc2)(c2ccccc2)C(C)(C)C)/C=C/C(=O)O1. The largest absolute Gasteiger partial charge is 0.460 e. The fourth-order valence-corrected chi connectivity index (χ4v) is 9.28. The maximum absolute atomic E-state index is 12.6. The van der Waals surface area contributed by atoms with Crippen LogP contribution in [0.5, 0.6) is 0 Å². The molecule has 186 valence electrons. The van der Waals surface area contributed by atoms with Crippen molar-refractivity contribution < 1.29 is 18.8 Å². The minimum absolute atomic E-state index is 0.0853. The van der Waals surface area contributed by atoms with Gasteiger partial charge in [-0.3, -0.25) is 4.79 Å². The molecule has 1 aliphatic rings. The van der Waals surface area contributed by atoms with Gasteiger partial charge in [0.2, 0.25) is 0 Å². The van der Waals surface area contributed by atoms with Crippen molar-refractivity contribution in [2.24, 2.45) is 0 Å². The lowest BCUT2D eigenvalue weighted by molar-refractivity contribution is -0.142. The molecule has 2 aromatic carbocycles. The smallest absolute Gasteiger partial charge is 0.330 e. The number of hydrogen-bond acceptors (Lipinski definition) is 4. The summed E-state index contributed by atoms with van der Waals surface area (Å²) in [6.07, 6.45) is 9.89. The maximum atomic E-state index is 12.6. The highest BCUT2D eigenvalue weighted by Crippen LogP contribution is 2.37. The van der Waals surface area contributed by atoms with Crippen LogP contribution < -0.4 is 10.4 Å². The van der Waals surface area contributed by atoms with Crippen LogP contribution in [0.15, 0.2) is 85.0 Å². The summed E-state index contributed by atoms with van der Waals surface area (Å²) in [4.78, 5) is 25.1. The van der Waals surface area contributed by atoms with E-state index in [4.69, 9.17) is 9.16 Å². The Labute approximate surface area is 211 Å². The summed E-state index contributed by atoms with van der Waals surface area (Å²) in [7, 11) is -2.87. The van der Waals surface area contributed by atoms with Crippen LogP contribution in [0.1, 0.15) is 59.8 Å². The summed E-state index contributed by atoms with van der Waals surface area (Å²) >= 11 is 0. The Balaban J connectivity index is 2.08. The van der Waals surface area contributed by atoms with Crippen LogP contribution in [-0.2, 0) is 18.8 Å². The fourth-order valence-electron chi connectivity index (χ4n) is 4.70. The van der Waals surface area contributed by atoms with Crippen LogP contribution in [0.4, 0.5) is 0 Å². The molecule has 0 saturated heterocycles. The van der Waals surface area contributed by atoms with Crippen molar-refractivity contribution >= 4 is 30.4 Å². The topological polar surface area (TPSA) is 52.6 Å². The van der Waals surface area contributed by atoms with E-state index in [1.54, 1.807) is 18.2 Å². The second-order valence-electron chi connectivity index (χ2n) is 10.3. The van der Waals surface area contributed by atoms with Crippen molar-refractivity contribution in [2.75, 3.05) is 0 Å². The lowest BCUT2D eigenvalue weighted by Gasteiger charge is -2.44. The molecule has 35 heavy (non-hydrogen) atoms. The van der Waals surface area contributed by atoms with Gasteiger partial charge in [0.05, 0.1) is 12.2 Å². The van der Waals surface area contributed by atoms with Crippen molar-refractivity contribution in [1.82, 2.24) is 0 Å². The Hall–Kier alpha value is -2.76. The van der Waals surface area contributed by atoms with Gasteiger partial charge in [-0.15, -0.1) is 0 Å². The van der Waals surface area contributed by atoms with Crippen molar-refractivity contribution in [2.45, 2.75) is 77.0 Å². The molecule has 0 radical (unpaired) electrons. The standard InChI is InChI=1S/C30H38O4Si/c1-24-14-8-5-9-15-25(31)20-21-26(22-23-29(32)33-24)34-35(30(2,3)4,27-16-10-6-11-17-27)28-18-12-7-13-19-28/h6-7,10-13,16-24,26H,5,8-9,14-15H2,1-4H3/b21-20-,23-22+/t24-,26-/m0/s1. The van der Waals surface area contributed by atoms with Gasteiger partial charge < -0.3 is 9.16 Å². The molecule has 0 amide bonds. The molecule has 4 nitrogen and oxygen atoms in total. The van der Waals surface area contributed by atoms with Crippen LogP contribution in [0, 0.1) is 0 Å². The minimum Gasteiger partial charge on any atom is -0.460 e. The van der Waals surface area contributed by atoms with E-state index in [0.29, 0.717) is 6.42 Å². The summed E-state index contributed by atoms with van der Waals surface area (Å²) < 4.78 is 12.7. The van der Waals surface area contributed by atoms with Gasteiger partial charge in [-0.1, -0.05) is 87.9 Å². The Bertz CT molecular complexity index is 982. The summed E-state index contributed by atoms with van der Waals surface area (Å²) in [6.45, 7) is 8.53. The van der Waals surface area contributed by atoms with Crippen LogP contribution in [0.3, 0.4) is 0 Å². The highest BCUT2D eigenvalue weighted by Gasteiger charge is 2.51. The third kappa shape index (κ3) is 7.12. The summed E-state index contributed by atoms with van der Waals surface area (Å²) in [5, 5.41) is 2.06. The third-order valence-corrected chi connectivity index (χ3v) is 11.5. The van der Waals surface area contributed by atoms with Crippen molar-refractivity contribution in [3.63, 3.8) is 0 Å². The molecule has 0 bridgehead atoms. The first-order valence-electron chi connectivity index (χ1n) is 12.6. The number of esters is 1. The van der Waals surface area contributed by atoms with Crippen molar-refractivity contribution in [3.05, 3.63) is 85.0 Å². The summed E-state index contributed by atoms with van der Waals surface area (Å²) in [6, 6.07) is 20.7. The zero-order valence-corrected chi connectivity index (χ0v) is 22.4. The van der Waals surface area contributed by atoms with E-state index in [1.807, 2.05) is 43.3 Å². The molecule has 2 atom stereocenters. The average Bonchev–Trinajstić information content (AvgIpc) is 2.83. The molecule has 0 spiro atoms. The van der Waals surface area contributed by atoms with Gasteiger partial charge in [-0.25, -0.2) is 4.79 Å². The number of carbonyl (C=O) groups is 2.